The van der Waals surface area contributed by atoms with Gasteiger partial charge in [-0.1, -0.05) is 6.92 Å². The summed E-state index contributed by atoms with van der Waals surface area (Å²) in [4.78, 5) is 39.8. The molecule has 0 bridgehead atoms. The van der Waals surface area contributed by atoms with Gasteiger partial charge >= 0.3 is 5.69 Å². The van der Waals surface area contributed by atoms with Crippen LogP contribution >= 0.6 is 0 Å². The first-order valence-corrected chi connectivity index (χ1v) is 5.96. The Labute approximate surface area is 109 Å². The Kier molecular flexibility index (Phi) is 3.13. The van der Waals surface area contributed by atoms with Crippen LogP contribution in [0.25, 0.3) is 11.2 Å². The monoisotopic (exact) mass is 264 g/mol. The first-order chi connectivity index (χ1) is 8.84. The maximum absolute atomic E-state index is 12.3. The van der Waals surface area contributed by atoms with Crippen LogP contribution in [0.5, 0.6) is 0 Å². The minimum Gasteiger partial charge on any atom is -0.328 e. The number of carbonyl (C=O) groups excluding carboxylic acids is 1. The highest BCUT2D eigenvalue weighted by Crippen LogP contribution is 2.04. The predicted molar refractivity (Wildman–Crippen MR) is 70.1 cm³/mol. The van der Waals surface area contributed by atoms with E-state index >= 15 is 0 Å². The lowest BCUT2D eigenvalue weighted by Crippen LogP contribution is -2.41. The zero-order valence-electron chi connectivity index (χ0n) is 11.4. The predicted octanol–water partition coefficient (Wildman–Crippen LogP) is -0.341. The molecule has 0 saturated heterocycles. The number of nitrogens with zero attached hydrogens (tertiary/aromatic N) is 4. The van der Waals surface area contributed by atoms with Gasteiger partial charge in [0.25, 0.3) is 5.56 Å². The molecule has 7 nitrogen and oxygen atoms in total. The molecule has 0 aromatic carbocycles. The van der Waals surface area contributed by atoms with E-state index in [1.54, 1.807) is 25.6 Å². The van der Waals surface area contributed by atoms with E-state index in [9.17, 15) is 14.4 Å². The highest BCUT2D eigenvalue weighted by atomic mass is 16.2. The van der Waals surface area contributed by atoms with Gasteiger partial charge in [0.15, 0.2) is 11.2 Å². The Morgan fingerprint density at radius 2 is 2.00 bits per heavy atom. The molecule has 0 amide bonds. The number of imidazole rings is 1. The molecule has 0 aliphatic rings. The molecule has 19 heavy (non-hydrogen) atoms. The van der Waals surface area contributed by atoms with Gasteiger partial charge in [-0.05, 0) is 6.92 Å². The van der Waals surface area contributed by atoms with Crippen molar-refractivity contribution in [1.82, 2.24) is 18.7 Å². The summed E-state index contributed by atoms with van der Waals surface area (Å²) in [5.74, 6) is -0.435. The summed E-state index contributed by atoms with van der Waals surface area (Å²) in [5.41, 5.74) is -0.155. The van der Waals surface area contributed by atoms with Gasteiger partial charge in [0, 0.05) is 26.6 Å². The molecule has 0 spiro atoms. The molecule has 0 N–H and O–H groups in total. The van der Waals surface area contributed by atoms with Gasteiger partial charge < -0.3 is 4.57 Å². The van der Waals surface area contributed by atoms with E-state index in [2.05, 4.69) is 4.98 Å². The van der Waals surface area contributed by atoms with E-state index in [1.165, 1.54) is 17.8 Å². The van der Waals surface area contributed by atoms with Crippen molar-refractivity contribution >= 4 is 16.9 Å². The van der Waals surface area contributed by atoms with Crippen molar-refractivity contribution in [1.29, 1.82) is 0 Å². The average molecular weight is 264 g/mol. The van der Waals surface area contributed by atoms with Crippen molar-refractivity contribution in [2.45, 2.75) is 20.4 Å². The first-order valence-electron chi connectivity index (χ1n) is 5.96. The Morgan fingerprint density at radius 3 is 2.58 bits per heavy atom. The summed E-state index contributed by atoms with van der Waals surface area (Å²) >= 11 is 0. The van der Waals surface area contributed by atoms with Crippen LogP contribution in [0.1, 0.15) is 13.8 Å². The number of ketones is 1. The van der Waals surface area contributed by atoms with Crippen molar-refractivity contribution in [3.8, 4) is 0 Å². The molecule has 0 radical (unpaired) electrons. The number of hydrogen-bond donors (Lipinski definition) is 0. The molecular formula is C12H16N4O3. The quantitative estimate of drug-likeness (QED) is 0.759. The molecule has 0 aliphatic carbocycles. The van der Waals surface area contributed by atoms with Gasteiger partial charge in [0.1, 0.15) is 5.78 Å². The van der Waals surface area contributed by atoms with Crippen LogP contribution in [-0.4, -0.2) is 24.5 Å². The lowest BCUT2D eigenvalue weighted by Gasteiger charge is -2.11. The van der Waals surface area contributed by atoms with Crippen molar-refractivity contribution in [2.24, 2.45) is 20.0 Å². The van der Waals surface area contributed by atoms with E-state index in [-0.39, 0.29) is 18.2 Å². The van der Waals surface area contributed by atoms with Crippen molar-refractivity contribution in [2.75, 3.05) is 0 Å². The van der Waals surface area contributed by atoms with Crippen LogP contribution in [0.3, 0.4) is 0 Å². The smallest absolute Gasteiger partial charge is 0.328 e. The van der Waals surface area contributed by atoms with Gasteiger partial charge in [-0.15, -0.1) is 0 Å². The van der Waals surface area contributed by atoms with E-state index in [0.717, 1.165) is 4.57 Å². The minimum atomic E-state index is -0.454. The minimum absolute atomic E-state index is 0.0564. The highest BCUT2D eigenvalue weighted by Gasteiger charge is 2.17. The zero-order valence-corrected chi connectivity index (χ0v) is 11.4. The van der Waals surface area contributed by atoms with Gasteiger partial charge in [0.05, 0.1) is 6.33 Å². The summed E-state index contributed by atoms with van der Waals surface area (Å²) in [6.07, 6.45) is 1.49. The second-order valence-corrected chi connectivity index (χ2v) is 4.80. The fraction of sp³-hybridized carbons (Fsp3) is 0.500. The Balaban J connectivity index is 2.75. The van der Waals surface area contributed by atoms with E-state index in [4.69, 9.17) is 0 Å². The number of Topliss-reactive ketones (excluding diaryl/α,β-unsaturated/α-hetero) is 1. The first kappa shape index (κ1) is 13.3. The van der Waals surface area contributed by atoms with Gasteiger partial charge in [-0.3, -0.25) is 18.7 Å². The summed E-state index contributed by atoms with van der Waals surface area (Å²) in [5, 5.41) is 0. The van der Waals surface area contributed by atoms with E-state index < -0.39 is 11.2 Å². The second kappa shape index (κ2) is 4.49. The average Bonchev–Trinajstić information content (AvgIpc) is 2.73. The number of aryl methyl sites for hydroxylation is 2. The third kappa shape index (κ3) is 2.00. The Morgan fingerprint density at radius 1 is 1.37 bits per heavy atom. The van der Waals surface area contributed by atoms with Crippen LogP contribution < -0.4 is 11.2 Å². The lowest BCUT2D eigenvalue weighted by molar-refractivity contribution is -0.120. The van der Waals surface area contributed by atoms with Crippen molar-refractivity contribution in [3.05, 3.63) is 27.2 Å². The Hall–Kier alpha value is -2.18. The van der Waals surface area contributed by atoms with E-state index in [1.807, 2.05) is 0 Å². The summed E-state index contributed by atoms with van der Waals surface area (Å²) < 4.78 is 3.99. The summed E-state index contributed by atoms with van der Waals surface area (Å²) in [6.45, 7) is 3.23. The zero-order chi connectivity index (χ0) is 14.3. The molecule has 2 aromatic heterocycles. The third-order valence-electron chi connectivity index (χ3n) is 3.35. The number of fused-ring (bicyclic) bond motifs is 1. The molecule has 2 aromatic rings. The highest BCUT2D eigenvalue weighted by molar-refractivity contribution is 5.77. The molecule has 1 atom stereocenters. The molecule has 7 heteroatoms. The fourth-order valence-electron chi connectivity index (χ4n) is 1.96. The lowest BCUT2D eigenvalue weighted by atomic mass is 10.1. The summed E-state index contributed by atoms with van der Waals surface area (Å²) in [7, 11) is 3.26. The van der Waals surface area contributed by atoms with Crippen LogP contribution in [0.2, 0.25) is 0 Å². The van der Waals surface area contributed by atoms with Crippen LogP contribution in [0, 0.1) is 5.92 Å². The van der Waals surface area contributed by atoms with Crippen molar-refractivity contribution in [3.63, 3.8) is 0 Å². The van der Waals surface area contributed by atoms with Crippen LogP contribution in [-0.2, 0) is 25.4 Å². The maximum atomic E-state index is 12.3. The largest absolute Gasteiger partial charge is 0.332 e. The van der Waals surface area contributed by atoms with Gasteiger partial charge in [-0.2, -0.15) is 0 Å². The number of carbonyl (C=O) groups is 1. The topological polar surface area (TPSA) is 78.9 Å². The molecule has 0 fully saturated rings. The number of hydrogen-bond acceptors (Lipinski definition) is 4. The van der Waals surface area contributed by atoms with Crippen LogP contribution in [0.15, 0.2) is 15.9 Å². The molecule has 102 valence electrons. The molecule has 0 aliphatic heterocycles. The standard InChI is InChI=1S/C12H16N4O3/c1-7(8(2)17)5-16-11(18)9-10(13-6-14(9)3)15(4)12(16)19/h6-7H,5H2,1-4H3. The van der Waals surface area contributed by atoms with Gasteiger partial charge in [-0.25, -0.2) is 9.78 Å². The third-order valence-corrected chi connectivity index (χ3v) is 3.35. The fourth-order valence-corrected chi connectivity index (χ4v) is 1.96. The molecule has 2 heterocycles. The van der Waals surface area contributed by atoms with Crippen LogP contribution in [0.4, 0.5) is 0 Å². The second-order valence-electron chi connectivity index (χ2n) is 4.80. The molecular weight excluding hydrogens is 248 g/mol. The maximum Gasteiger partial charge on any atom is 0.332 e. The summed E-state index contributed by atoms with van der Waals surface area (Å²) in [6, 6.07) is 0. The van der Waals surface area contributed by atoms with E-state index in [0.29, 0.717) is 11.2 Å². The van der Waals surface area contributed by atoms with Gasteiger partial charge in [0.2, 0.25) is 0 Å². The Bertz CT molecular complexity index is 766. The molecule has 2 rings (SSSR count). The SMILES string of the molecule is CC(=O)C(C)Cn1c(=O)c2c(ncn2C)n(C)c1=O. The molecule has 0 saturated carbocycles. The number of rotatable bonds is 3. The van der Waals surface area contributed by atoms with Crippen molar-refractivity contribution < 1.29 is 4.79 Å². The normalized spacial score (nSPS) is 12.8. The molecule has 1 unspecified atom stereocenters. The number of aromatic nitrogens is 4.